The van der Waals surface area contributed by atoms with E-state index >= 15 is 0 Å². The molecule has 2 saturated heterocycles. The van der Waals surface area contributed by atoms with Crippen molar-refractivity contribution in [2.45, 2.75) is 11.6 Å². The minimum Gasteiger partial charge on any atom is -0.467 e. The van der Waals surface area contributed by atoms with Crippen LogP contribution in [0.15, 0.2) is 84.9 Å². The molecule has 0 aromatic heterocycles. The molecule has 6 nitrogen and oxygen atoms in total. The normalized spacial score (nSPS) is 26.4. The highest BCUT2D eigenvalue weighted by Crippen LogP contribution is 2.54. The molecule has 3 aromatic carbocycles. The second kappa shape index (κ2) is 8.14. The molecular weight excluding hydrogens is 440 g/mol. The van der Waals surface area contributed by atoms with Gasteiger partial charge < -0.3 is 4.74 Å². The molecule has 0 radical (unpaired) electrons. The first-order chi connectivity index (χ1) is 16.0. The summed E-state index contributed by atoms with van der Waals surface area (Å²) in [6, 6.07) is 24.3. The molecule has 7 heteroatoms. The first-order valence-corrected chi connectivity index (χ1v) is 11.0. The van der Waals surface area contributed by atoms with Gasteiger partial charge in [0.2, 0.25) is 11.8 Å². The van der Waals surface area contributed by atoms with Crippen LogP contribution in [0.1, 0.15) is 17.2 Å². The van der Waals surface area contributed by atoms with E-state index in [1.54, 1.807) is 48.5 Å². The van der Waals surface area contributed by atoms with Crippen molar-refractivity contribution >= 4 is 35.1 Å². The van der Waals surface area contributed by atoms with Gasteiger partial charge in [0, 0.05) is 11.1 Å². The number of fused-ring (bicyclic) bond motifs is 1. The predicted molar refractivity (Wildman–Crippen MR) is 123 cm³/mol. The lowest BCUT2D eigenvalue weighted by atomic mass is 9.75. The number of imide groups is 1. The highest BCUT2D eigenvalue weighted by atomic mass is 35.5. The highest BCUT2D eigenvalue weighted by Gasteiger charge is 2.69. The molecule has 33 heavy (non-hydrogen) atoms. The molecule has 5 rings (SSSR count). The molecule has 0 spiro atoms. The quantitative estimate of drug-likeness (QED) is 0.472. The third kappa shape index (κ3) is 3.17. The number of carbonyl (C=O) groups is 3. The van der Waals surface area contributed by atoms with Crippen LogP contribution in [0.25, 0.3) is 0 Å². The molecule has 166 valence electrons. The van der Waals surface area contributed by atoms with Crippen LogP contribution in [-0.4, -0.2) is 24.9 Å². The Morgan fingerprint density at radius 3 is 2.12 bits per heavy atom. The summed E-state index contributed by atoms with van der Waals surface area (Å²) in [5, 5.41) is 3.86. The van der Waals surface area contributed by atoms with Crippen LogP contribution in [0, 0.1) is 11.8 Å². The van der Waals surface area contributed by atoms with Gasteiger partial charge in [0.15, 0.2) is 5.54 Å². The summed E-state index contributed by atoms with van der Waals surface area (Å²) in [4.78, 5) is 42.3. The average Bonchev–Trinajstić information content (AvgIpc) is 3.35. The largest absolute Gasteiger partial charge is 0.467 e. The minimum absolute atomic E-state index is 0.365. The topological polar surface area (TPSA) is 75.7 Å². The minimum atomic E-state index is -1.52. The number of nitrogens with zero attached hydrogens (tertiary/aromatic N) is 1. The Labute approximate surface area is 196 Å². The number of rotatable bonds is 4. The number of amides is 2. The number of halogens is 1. The maximum atomic E-state index is 13.9. The summed E-state index contributed by atoms with van der Waals surface area (Å²) in [6.45, 7) is 0. The zero-order valence-electron chi connectivity index (χ0n) is 17.8. The second-order valence-corrected chi connectivity index (χ2v) is 8.63. The summed E-state index contributed by atoms with van der Waals surface area (Å²) in [5.74, 6) is -3.21. The van der Waals surface area contributed by atoms with Crippen molar-refractivity contribution in [3.63, 3.8) is 0 Å². The molecule has 2 fully saturated rings. The van der Waals surface area contributed by atoms with Crippen LogP contribution in [0.3, 0.4) is 0 Å². The van der Waals surface area contributed by atoms with Gasteiger partial charge in [-0.3, -0.25) is 14.9 Å². The summed E-state index contributed by atoms with van der Waals surface area (Å²) in [5.41, 5.74) is 0.287. The van der Waals surface area contributed by atoms with Crippen molar-refractivity contribution in [2.75, 3.05) is 12.0 Å². The van der Waals surface area contributed by atoms with Gasteiger partial charge in [-0.1, -0.05) is 72.3 Å². The maximum Gasteiger partial charge on any atom is 0.331 e. The molecule has 4 atom stereocenters. The first-order valence-electron chi connectivity index (χ1n) is 10.6. The van der Waals surface area contributed by atoms with Crippen LogP contribution in [0.2, 0.25) is 5.02 Å². The lowest BCUT2D eigenvalue weighted by molar-refractivity contribution is -0.152. The van der Waals surface area contributed by atoms with E-state index in [0.717, 1.165) is 5.56 Å². The number of hydrogen-bond acceptors (Lipinski definition) is 5. The number of benzene rings is 3. The maximum absolute atomic E-state index is 13.9. The van der Waals surface area contributed by atoms with E-state index < -0.39 is 35.3 Å². The fourth-order valence-corrected chi connectivity index (χ4v) is 5.26. The smallest absolute Gasteiger partial charge is 0.331 e. The van der Waals surface area contributed by atoms with Crippen molar-refractivity contribution < 1.29 is 19.1 Å². The van der Waals surface area contributed by atoms with Gasteiger partial charge in [0.05, 0.1) is 24.6 Å². The molecule has 0 saturated carbocycles. The monoisotopic (exact) mass is 460 g/mol. The van der Waals surface area contributed by atoms with Crippen molar-refractivity contribution in [3.05, 3.63) is 101 Å². The fourth-order valence-electron chi connectivity index (χ4n) is 5.13. The third-order valence-electron chi connectivity index (χ3n) is 6.54. The van der Waals surface area contributed by atoms with Gasteiger partial charge >= 0.3 is 5.97 Å². The van der Waals surface area contributed by atoms with Crippen molar-refractivity contribution in [2.24, 2.45) is 11.8 Å². The average molecular weight is 461 g/mol. The highest BCUT2D eigenvalue weighted by molar-refractivity contribution is 6.31. The fraction of sp³-hybridized carbons (Fsp3) is 0.192. The van der Waals surface area contributed by atoms with Crippen LogP contribution in [0.4, 0.5) is 5.69 Å². The molecule has 0 aliphatic carbocycles. The lowest BCUT2D eigenvalue weighted by Gasteiger charge is -2.33. The SMILES string of the molecule is COC(=O)[C@@]1(c2ccccc2)N[C@@H](c2ccccc2)[C@@H]2C(=O)N(c3ccc(Cl)cc3)C(=O)[C@@H]21. The molecule has 0 unspecified atom stereocenters. The summed E-state index contributed by atoms with van der Waals surface area (Å²) in [7, 11) is 1.29. The Morgan fingerprint density at radius 2 is 1.52 bits per heavy atom. The van der Waals surface area contributed by atoms with Gasteiger partial charge in [0.1, 0.15) is 0 Å². The van der Waals surface area contributed by atoms with E-state index in [-0.39, 0.29) is 5.91 Å². The van der Waals surface area contributed by atoms with Gasteiger partial charge in [-0.2, -0.15) is 0 Å². The van der Waals surface area contributed by atoms with E-state index in [2.05, 4.69) is 5.32 Å². The van der Waals surface area contributed by atoms with Crippen molar-refractivity contribution in [3.8, 4) is 0 Å². The zero-order chi connectivity index (χ0) is 23.2. The lowest BCUT2D eigenvalue weighted by Crippen LogP contribution is -2.53. The van der Waals surface area contributed by atoms with E-state index in [4.69, 9.17) is 16.3 Å². The number of ether oxygens (including phenoxy) is 1. The van der Waals surface area contributed by atoms with E-state index in [0.29, 0.717) is 16.3 Å². The van der Waals surface area contributed by atoms with Crippen LogP contribution in [-0.2, 0) is 24.7 Å². The number of esters is 1. The van der Waals surface area contributed by atoms with E-state index in [1.165, 1.54) is 12.0 Å². The molecular formula is C26H21ClN2O4. The van der Waals surface area contributed by atoms with Crippen LogP contribution in [0.5, 0.6) is 0 Å². The molecule has 2 amide bonds. The Morgan fingerprint density at radius 1 is 0.909 bits per heavy atom. The molecule has 2 aliphatic rings. The molecule has 2 aliphatic heterocycles. The van der Waals surface area contributed by atoms with E-state index in [1.807, 2.05) is 36.4 Å². The number of hydrogen-bond donors (Lipinski definition) is 1. The first kappa shape index (κ1) is 21.4. The van der Waals surface area contributed by atoms with Crippen molar-refractivity contribution in [1.82, 2.24) is 5.32 Å². The Kier molecular flexibility index (Phi) is 5.27. The molecule has 3 aromatic rings. The summed E-state index contributed by atoms with van der Waals surface area (Å²) < 4.78 is 5.22. The van der Waals surface area contributed by atoms with Crippen LogP contribution < -0.4 is 10.2 Å². The number of carbonyl (C=O) groups excluding carboxylic acids is 3. The Bertz CT molecular complexity index is 1220. The Balaban J connectivity index is 1.72. The standard InChI is InChI=1S/C26H21ClN2O4/c1-33-25(32)26(17-10-6-3-7-11-17)21-20(22(28-26)16-8-4-2-5-9-16)23(30)29(24(21)31)19-14-12-18(27)13-15-19/h2-15,20-22,28H,1H3/t20-,21-,22+,26+/m1/s1. The van der Waals surface area contributed by atoms with Gasteiger partial charge in [-0.05, 0) is 35.4 Å². The molecule has 0 bridgehead atoms. The predicted octanol–water partition coefficient (Wildman–Crippen LogP) is 3.86. The Hall–Kier alpha value is -3.48. The van der Waals surface area contributed by atoms with Gasteiger partial charge in [-0.15, -0.1) is 0 Å². The number of anilines is 1. The second-order valence-electron chi connectivity index (χ2n) is 8.19. The third-order valence-corrected chi connectivity index (χ3v) is 6.79. The number of methoxy groups -OCH3 is 1. The van der Waals surface area contributed by atoms with Gasteiger partial charge in [-0.25, -0.2) is 9.69 Å². The van der Waals surface area contributed by atoms with Crippen molar-refractivity contribution in [1.29, 1.82) is 0 Å². The van der Waals surface area contributed by atoms with E-state index in [9.17, 15) is 14.4 Å². The zero-order valence-corrected chi connectivity index (χ0v) is 18.5. The molecule has 2 heterocycles. The molecule has 1 N–H and O–H groups in total. The number of nitrogens with one attached hydrogen (secondary N) is 1. The van der Waals surface area contributed by atoms with Crippen LogP contribution >= 0.6 is 11.6 Å². The van der Waals surface area contributed by atoms with Gasteiger partial charge in [0.25, 0.3) is 0 Å². The summed E-state index contributed by atoms with van der Waals surface area (Å²) >= 11 is 6.02. The summed E-state index contributed by atoms with van der Waals surface area (Å²) in [6.07, 6.45) is 0.